The van der Waals surface area contributed by atoms with Gasteiger partial charge in [0, 0.05) is 23.9 Å². The van der Waals surface area contributed by atoms with Gasteiger partial charge >= 0.3 is 0 Å². The molecule has 0 aliphatic carbocycles. The summed E-state index contributed by atoms with van der Waals surface area (Å²) in [6.07, 6.45) is 2.46. The van der Waals surface area contributed by atoms with Crippen molar-refractivity contribution in [1.82, 2.24) is 4.98 Å². The van der Waals surface area contributed by atoms with Gasteiger partial charge in [0.25, 0.3) is 11.6 Å². The Hall–Kier alpha value is -4.45. The molecule has 9 heteroatoms. The number of nitrogens with one attached hydrogen (secondary N) is 1. The molecule has 2 heterocycles. The minimum absolute atomic E-state index is 0.121. The lowest BCUT2D eigenvalue weighted by Crippen LogP contribution is -2.13. The molecule has 0 atom stereocenters. The van der Waals surface area contributed by atoms with Gasteiger partial charge in [0.1, 0.15) is 35.0 Å². The van der Waals surface area contributed by atoms with Crippen molar-refractivity contribution in [2.75, 3.05) is 11.9 Å². The minimum Gasteiger partial charge on any atom is -0.494 e. The zero-order chi connectivity index (χ0) is 22.4. The summed E-state index contributed by atoms with van der Waals surface area (Å²) in [4.78, 5) is 26.9. The van der Waals surface area contributed by atoms with E-state index in [4.69, 9.17) is 9.15 Å². The number of aryl methyl sites for hydroxylation is 1. The first-order valence-electron chi connectivity index (χ1n) is 9.28. The van der Waals surface area contributed by atoms with Crippen LogP contribution in [-0.2, 0) is 4.79 Å². The topological polar surface area (TPSA) is 131 Å². The van der Waals surface area contributed by atoms with Crippen LogP contribution < -0.4 is 10.1 Å². The number of furan rings is 1. The van der Waals surface area contributed by atoms with Gasteiger partial charge in [0.05, 0.1) is 11.5 Å². The molecule has 0 aliphatic heterocycles. The molecule has 0 saturated heterocycles. The number of ether oxygens (including phenoxy) is 1. The van der Waals surface area contributed by atoms with Crippen LogP contribution in [0, 0.1) is 28.4 Å². The lowest BCUT2D eigenvalue weighted by molar-refractivity contribution is -0.385. The standard InChI is InChI=1S/C22H18N4O5/c1-3-30-18-6-4-5-16(11-18)25-22(27)15(12-23)10-19-7-8-20(31-19)21-14(2)9-17(13-24-21)26(28)29/h4-11,13H,3H2,1-2H3,(H,25,27)/b15-10-. The van der Waals surface area contributed by atoms with Crippen molar-refractivity contribution in [3.05, 3.63) is 75.7 Å². The van der Waals surface area contributed by atoms with Gasteiger partial charge < -0.3 is 14.5 Å². The number of hydrogen-bond acceptors (Lipinski definition) is 7. The van der Waals surface area contributed by atoms with Gasteiger partial charge in [-0.15, -0.1) is 0 Å². The fourth-order valence-electron chi connectivity index (χ4n) is 2.80. The van der Waals surface area contributed by atoms with E-state index in [1.54, 1.807) is 43.3 Å². The largest absolute Gasteiger partial charge is 0.494 e. The Labute approximate surface area is 177 Å². The van der Waals surface area contributed by atoms with Gasteiger partial charge in [0.2, 0.25) is 0 Å². The molecule has 0 unspecified atom stereocenters. The molecule has 1 aromatic carbocycles. The average molecular weight is 418 g/mol. The number of amides is 1. The summed E-state index contributed by atoms with van der Waals surface area (Å²) >= 11 is 0. The Kier molecular flexibility index (Phi) is 6.42. The second-order valence-electron chi connectivity index (χ2n) is 6.40. The van der Waals surface area contributed by atoms with Crippen LogP contribution in [0.3, 0.4) is 0 Å². The number of aromatic nitrogens is 1. The number of pyridine rings is 1. The number of anilines is 1. The van der Waals surface area contributed by atoms with Gasteiger partial charge in [-0.05, 0) is 43.7 Å². The number of carbonyl (C=O) groups is 1. The highest BCUT2D eigenvalue weighted by Gasteiger charge is 2.15. The molecule has 0 fully saturated rings. The van der Waals surface area contributed by atoms with E-state index in [2.05, 4.69) is 10.3 Å². The average Bonchev–Trinajstić information content (AvgIpc) is 3.20. The van der Waals surface area contributed by atoms with Crippen LogP contribution in [0.5, 0.6) is 5.75 Å². The van der Waals surface area contributed by atoms with Crippen molar-refractivity contribution in [1.29, 1.82) is 5.26 Å². The van der Waals surface area contributed by atoms with Crippen LogP contribution in [0.4, 0.5) is 11.4 Å². The SMILES string of the molecule is CCOc1cccc(NC(=O)/C(C#N)=C\c2ccc(-c3ncc([N+](=O)[O-])cc3C)o2)c1. The van der Waals surface area contributed by atoms with Gasteiger partial charge in [-0.3, -0.25) is 14.9 Å². The Balaban J connectivity index is 1.80. The number of nitro groups is 1. The Morgan fingerprint density at radius 3 is 2.84 bits per heavy atom. The van der Waals surface area contributed by atoms with Crippen LogP contribution in [0.15, 0.2) is 58.7 Å². The second kappa shape index (κ2) is 9.37. The van der Waals surface area contributed by atoms with Gasteiger partial charge in [-0.2, -0.15) is 5.26 Å². The second-order valence-corrected chi connectivity index (χ2v) is 6.40. The first-order chi connectivity index (χ1) is 14.9. The fraction of sp³-hybridized carbons (Fsp3) is 0.136. The summed E-state index contributed by atoms with van der Waals surface area (Å²) in [6.45, 7) is 4.02. The lowest BCUT2D eigenvalue weighted by Gasteiger charge is -2.07. The number of benzene rings is 1. The van der Waals surface area contributed by atoms with Crippen molar-refractivity contribution in [2.24, 2.45) is 0 Å². The molecule has 0 saturated carbocycles. The molecule has 3 aromatic rings. The maximum absolute atomic E-state index is 12.5. The van der Waals surface area contributed by atoms with Gasteiger partial charge in [0.15, 0.2) is 5.76 Å². The molecule has 1 amide bonds. The highest BCUT2D eigenvalue weighted by molar-refractivity contribution is 6.09. The Morgan fingerprint density at radius 2 is 2.16 bits per heavy atom. The van der Waals surface area contributed by atoms with E-state index in [9.17, 15) is 20.2 Å². The molecule has 1 N–H and O–H groups in total. The van der Waals surface area contributed by atoms with Crippen molar-refractivity contribution in [3.63, 3.8) is 0 Å². The summed E-state index contributed by atoms with van der Waals surface area (Å²) in [7, 11) is 0. The van der Waals surface area contributed by atoms with Gasteiger partial charge in [-0.1, -0.05) is 6.07 Å². The molecule has 0 aliphatic rings. The normalized spacial score (nSPS) is 10.9. The summed E-state index contributed by atoms with van der Waals surface area (Å²) in [5, 5.41) is 22.9. The monoisotopic (exact) mass is 418 g/mol. The quantitative estimate of drug-likeness (QED) is 0.258. The van der Waals surface area contributed by atoms with E-state index in [1.165, 1.54) is 12.1 Å². The summed E-state index contributed by atoms with van der Waals surface area (Å²) in [6, 6.07) is 13.3. The molecule has 3 rings (SSSR count). The van der Waals surface area contributed by atoms with Crippen LogP contribution in [-0.4, -0.2) is 22.4 Å². The number of nitriles is 1. The molecule has 0 spiro atoms. The first-order valence-corrected chi connectivity index (χ1v) is 9.28. The Morgan fingerprint density at radius 1 is 1.35 bits per heavy atom. The fourth-order valence-corrected chi connectivity index (χ4v) is 2.80. The van der Waals surface area contributed by atoms with Crippen LogP contribution in [0.2, 0.25) is 0 Å². The Bertz CT molecular complexity index is 1210. The van der Waals surface area contributed by atoms with Gasteiger partial charge in [-0.25, -0.2) is 4.98 Å². The van der Waals surface area contributed by atoms with E-state index < -0.39 is 10.8 Å². The molecular formula is C22H18N4O5. The highest BCUT2D eigenvalue weighted by atomic mass is 16.6. The third-order valence-corrected chi connectivity index (χ3v) is 4.19. The van der Waals surface area contributed by atoms with Crippen LogP contribution in [0.1, 0.15) is 18.2 Å². The minimum atomic E-state index is -0.598. The number of nitrogens with zero attached hydrogens (tertiary/aromatic N) is 3. The molecule has 2 aromatic heterocycles. The summed E-state index contributed by atoms with van der Waals surface area (Å²) in [5.74, 6) is 0.633. The predicted molar refractivity (Wildman–Crippen MR) is 113 cm³/mol. The smallest absolute Gasteiger partial charge is 0.287 e. The first kappa shape index (κ1) is 21.3. The van der Waals surface area contributed by atoms with Crippen molar-refractivity contribution in [3.8, 4) is 23.3 Å². The summed E-state index contributed by atoms with van der Waals surface area (Å²) < 4.78 is 11.1. The third-order valence-electron chi connectivity index (χ3n) is 4.19. The van der Waals surface area contributed by atoms with Crippen LogP contribution in [0.25, 0.3) is 17.5 Å². The lowest BCUT2D eigenvalue weighted by atomic mass is 10.1. The van der Waals surface area contributed by atoms with E-state index >= 15 is 0 Å². The van der Waals surface area contributed by atoms with Crippen molar-refractivity contribution >= 4 is 23.4 Å². The number of hydrogen-bond donors (Lipinski definition) is 1. The van der Waals surface area contributed by atoms with E-state index in [0.29, 0.717) is 35.1 Å². The summed E-state index contributed by atoms with van der Waals surface area (Å²) in [5.41, 5.74) is 1.20. The van der Waals surface area contributed by atoms with E-state index in [0.717, 1.165) is 6.20 Å². The molecule has 156 valence electrons. The number of rotatable bonds is 7. The van der Waals surface area contributed by atoms with Crippen LogP contribution >= 0.6 is 0 Å². The molecule has 0 bridgehead atoms. The van der Waals surface area contributed by atoms with Crippen molar-refractivity contribution < 1.29 is 18.9 Å². The third kappa shape index (κ3) is 5.13. The molecule has 9 nitrogen and oxygen atoms in total. The number of carbonyl (C=O) groups excluding carboxylic acids is 1. The molecular weight excluding hydrogens is 400 g/mol. The molecule has 0 radical (unpaired) electrons. The highest BCUT2D eigenvalue weighted by Crippen LogP contribution is 2.27. The van der Waals surface area contributed by atoms with E-state index in [-0.39, 0.29) is 17.0 Å². The van der Waals surface area contributed by atoms with Crippen molar-refractivity contribution in [2.45, 2.75) is 13.8 Å². The maximum atomic E-state index is 12.5. The zero-order valence-electron chi connectivity index (χ0n) is 16.8. The zero-order valence-corrected chi connectivity index (χ0v) is 16.8. The maximum Gasteiger partial charge on any atom is 0.287 e. The predicted octanol–water partition coefficient (Wildman–Crippen LogP) is 4.50. The molecule has 31 heavy (non-hydrogen) atoms. The van der Waals surface area contributed by atoms with E-state index in [1.807, 2.05) is 13.0 Å².